The van der Waals surface area contributed by atoms with Crippen molar-refractivity contribution in [2.45, 2.75) is 39.2 Å². The minimum atomic E-state index is -1.25. The SMILES string of the molecule is CCCCOC(C)(C(=O)O)c1ccc(C)cc1. The standard InChI is InChI=1S/C14H20O3/c1-4-5-10-17-14(3,13(15)16)12-8-6-11(2)7-9-12/h6-9H,4-5,10H2,1-3H3,(H,15,16). The Bertz CT molecular complexity index is 370. The van der Waals surface area contributed by atoms with Gasteiger partial charge in [0.1, 0.15) is 0 Å². The van der Waals surface area contributed by atoms with E-state index in [-0.39, 0.29) is 0 Å². The predicted molar refractivity (Wildman–Crippen MR) is 67.0 cm³/mol. The van der Waals surface area contributed by atoms with Gasteiger partial charge in [-0.3, -0.25) is 0 Å². The molecule has 0 aromatic heterocycles. The van der Waals surface area contributed by atoms with Gasteiger partial charge in [0.15, 0.2) is 5.60 Å². The molecule has 0 saturated heterocycles. The molecule has 1 N–H and O–H groups in total. The summed E-state index contributed by atoms with van der Waals surface area (Å²) in [6, 6.07) is 7.43. The number of ether oxygens (including phenoxy) is 1. The van der Waals surface area contributed by atoms with Crippen molar-refractivity contribution < 1.29 is 14.6 Å². The van der Waals surface area contributed by atoms with Gasteiger partial charge < -0.3 is 9.84 Å². The minimum Gasteiger partial charge on any atom is -0.479 e. The maximum atomic E-state index is 11.4. The number of hydrogen-bond acceptors (Lipinski definition) is 2. The summed E-state index contributed by atoms with van der Waals surface area (Å²) in [5.74, 6) is -0.947. The second-order valence-corrected chi connectivity index (χ2v) is 4.41. The molecule has 0 fully saturated rings. The number of aryl methyl sites for hydroxylation is 1. The molecule has 0 aliphatic carbocycles. The first-order valence-electron chi connectivity index (χ1n) is 5.95. The number of unbranched alkanes of at least 4 members (excludes halogenated alkanes) is 1. The highest BCUT2D eigenvalue weighted by Gasteiger charge is 2.36. The Hall–Kier alpha value is -1.35. The average Bonchev–Trinajstić information content (AvgIpc) is 2.29. The van der Waals surface area contributed by atoms with E-state index >= 15 is 0 Å². The number of carboxylic acid groups (broad SMARTS) is 1. The topological polar surface area (TPSA) is 46.5 Å². The van der Waals surface area contributed by atoms with E-state index in [1.165, 1.54) is 0 Å². The van der Waals surface area contributed by atoms with Gasteiger partial charge in [-0.25, -0.2) is 4.79 Å². The summed E-state index contributed by atoms with van der Waals surface area (Å²) in [5, 5.41) is 9.33. The summed E-state index contributed by atoms with van der Waals surface area (Å²) in [4.78, 5) is 11.4. The third-order valence-electron chi connectivity index (χ3n) is 2.90. The third kappa shape index (κ3) is 3.30. The van der Waals surface area contributed by atoms with Gasteiger partial charge in [-0.05, 0) is 25.8 Å². The largest absolute Gasteiger partial charge is 0.479 e. The molecule has 0 aliphatic heterocycles. The van der Waals surface area contributed by atoms with Crippen molar-refractivity contribution in [1.82, 2.24) is 0 Å². The lowest BCUT2D eigenvalue weighted by Crippen LogP contribution is -2.35. The lowest BCUT2D eigenvalue weighted by atomic mass is 9.95. The van der Waals surface area contributed by atoms with Crippen molar-refractivity contribution >= 4 is 5.97 Å². The van der Waals surface area contributed by atoms with Crippen LogP contribution in [0.3, 0.4) is 0 Å². The number of carbonyl (C=O) groups is 1. The summed E-state index contributed by atoms with van der Waals surface area (Å²) in [6.07, 6.45) is 1.86. The lowest BCUT2D eigenvalue weighted by molar-refractivity contribution is -0.165. The van der Waals surface area contributed by atoms with E-state index in [0.29, 0.717) is 12.2 Å². The summed E-state index contributed by atoms with van der Waals surface area (Å²) >= 11 is 0. The second-order valence-electron chi connectivity index (χ2n) is 4.41. The monoisotopic (exact) mass is 236 g/mol. The van der Waals surface area contributed by atoms with Crippen molar-refractivity contribution in [2.24, 2.45) is 0 Å². The van der Waals surface area contributed by atoms with Crippen LogP contribution in [0.1, 0.15) is 37.8 Å². The predicted octanol–water partition coefficient (Wildman–Crippen LogP) is 3.11. The van der Waals surface area contributed by atoms with Gasteiger partial charge in [0.25, 0.3) is 0 Å². The Morgan fingerprint density at radius 1 is 1.35 bits per heavy atom. The molecule has 0 bridgehead atoms. The summed E-state index contributed by atoms with van der Waals surface area (Å²) < 4.78 is 5.56. The fraction of sp³-hybridized carbons (Fsp3) is 0.500. The van der Waals surface area contributed by atoms with E-state index in [9.17, 15) is 9.90 Å². The zero-order valence-corrected chi connectivity index (χ0v) is 10.7. The molecule has 3 heteroatoms. The molecule has 0 amide bonds. The molecule has 94 valence electrons. The van der Waals surface area contributed by atoms with Gasteiger partial charge in [-0.2, -0.15) is 0 Å². The molecular formula is C14H20O3. The van der Waals surface area contributed by atoms with Crippen molar-refractivity contribution in [1.29, 1.82) is 0 Å². The van der Waals surface area contributed by atoms with Gasteiger partial charge in [0, 0.05) is 6.61 Å². The van der Waals surface area contributed by atoms with Crippen molar-refractivity contribution in [3.63, 3.8) is 0 Å². The van der Waals surface area contributed by atoms with Crippen molar-refractivity contribution in [3.05, 3.63) is 35.4 Å². The van der Waals surface area contributed by atoms with E-state index in [1.54, 1.807) is 6.92 Å². The van der Waals surface area contributed by atoms with Gasteiger partial charge in [-0.1, -0.05) is 43.2 Å². The van der Waals surface area contributed by atoms with Crippen LogP contribution in [0.2, 0.25) is 0 Å². The molecular weight excluding hydrogens is 216 g/mol. The lowest BCUT2D eigenvalue weighted by Gasteiger charge is -2.26. The fourth-order valence-electron chi connectivity index (χ4n) is 1.56. The van der Waals surface area contributed by atoms with Crippen molar-refractivity contribution in [2.75, 3.05) is 6.61 Å². The van der Waals surface area contributed by atoms with E-state index in [4.69, 9.17) is 4.74 Å². The first kappa shape index (κ1) is 13.7. The summed E-state index contributed by atoms with van der Waals surface area (Å²) in [6.45, 7) is 6.09. The van der Waals surface area contributed by atoms with Crippen LogP contribution in [0, 0.1) is 6.92 Å². The summed E-state index contributed by atoms with van der Waals surface area (Å²) in [5.41, 5.74) is 0.546. The van der Waals surface area contributed by atoms with Crippen LogP contribution in [0.4, 0.5) is 0 Å². The van der Waals surface area contributed by atoms with Crippen LogP contribution in [0.15, 0.2) is 24.3 Å². The van der Waals surface area contributed by atoms with Gasteiger partial charge in [0.05, 0.1) is 0 Å². The highest BCUT2D eigenvalue weighted by Crippen LogP contribution is 2.26. The van der Waals surface area contributed by atoms with Crippen molar-refractivity contribution in [3.8, 4) is 0 Å². The molecule has 0 radical (unpaired) electrons. The minimum absolute atomic E-state index is 0.465. The Morgan fingerprint density at radius 2 is 1.94 bits per heavy atom. The van der Waals surface area contributed by atoms with E-state index in [1.807, 2.05) is 38.1 Å². The Labute approximate surface area is 102 Å². The number of benzene rings is 1. The first-order chi connectivity index (χ1) is 8.00. The number of carboxylic acids is 1. The van der Waals surface area contributed by atoms with Crippen LogP contribution in [-0.4, -0.2) is 17.7 Å². The highest BCUT2D eigenvalue weighted by atomic mass is 16.5. The molecule has 1 aromatic carbocycles. The van der Waals surface area contributed by atoms with Crippen LogP contribution in [-0.2, 0) is 15.1 Å². The molecule has 17 heavy (non-hydrogen) atoms. The zero-order valence-electron chi connectivity index (χ0n) is 10.7. The molecule has 1 unspecified atom stereocenters. The number of hydrogen-bond donors (Lipinski definition) is 1. The quantitative estimate of drug-likeness (QED) is 0.772. The molecule has 0 saturated carbocycles. The molecule has 1 rings (SSSR count). The van der Waals surface area contributed by atoms with E-state index < -0.39 is 11.6 Å². The maximum absolute atomic E-state index is 11.4. The average molecular weight is 236 g/mol. The zero-order chi connectivity index (χ0) is 12.9. The van der Waals surface area contributed by atoms with Gasteiger partial charge in [0.2, 0.25) is 0 Å². The maximum Gasteiger partial charge on any atom is 0.340 e. The van der Waals surface area contributed by atoms with Gasteiger partial charge >= 0.3 is 5.97 Å². The number of rotatable bonds is 6. The molecule has 1 aromatic rings. The Kier molecular flexibility index (Phi) is 4.70. The Morgan fingerprint density at radius 3 is 2.41 bits per heavy atom. The molecule has 0 aliphatic rings. The Balaban J connectivity index is 2.90. The van der Waals surface area contributed by atoms with E-state index in [0.717, 1.165) is 18.4 Å². The fourth-order valence-corrected chi connectivity index (χ4v) is 1.56. The van der Waals surface area contributed by atoms with Crippen LogP contribution in [0.25, 0.3) is 0 Å². The number of aliphatic carboxylic acids is 1. The van der Waals surface area contributed by atoms with Crippen LogP contribution >= 0.6 is 0 Å². The summed E-state index contributed by atoms with van der Waals surface area (Å²) in [7, 11) is 0. The first-order valence-corrected chi connectivity index (χ1v) is 5.95. The van der Waals surface area contributed by atoms with Gasteiger partial charge in [-0.15, -0.1) is 0 Å². The molecule has 0 heterocycles. The highest BCUT2D eigenvalue weighted by molar-refractivity contribution is 5.79. The van der Waals surface area contributed by atoms with Crippen LogP contribution < -0.4 is 0 Å². The third-order valence-corrected chi connectivity index (χ3v) is 2.90. The molecule has 0 spiro atoms. The normalized spacial score (nSPS) is 14.3. The molecule has 1 atom stereocenters. The molecule has 3 nitrogen and oxygen atoms in total. The smallest absolute Gasteiger partial charge is 0.340 e. The van der Waals surface area contributed by atoms with E-state index in [2.05, 4.69) is 0 Å². The second kappa shape index (κ2) is 5.82. The van der Waals surface area contributed by atoms with Crippen LogP contribution in [0.5, 0.6) is 0 Å².